The highest BCUT2D eigenvalue weighted by molar-refractivity contribution is 5.83. The molecule has 27 heavy (non-hydrogen) atoms. The highest BCUT2D eigenvalue weighted by atomic mass is 16.5. The Morgan fingerprint density at radius 1 is 1.11 bits per heavy atom. The fourth-order valence-corrected chi connectivity index (χ4v) is 3.75. The van der Waals surface area contributed by atoms with Gasteiger partial charge in [-0.2, -0.15) is 0 Å². The fourth-order valence-electron chi connectivity index (χ4n) is 3.75. The van der Waals surface area contributed by atoms with Crippen LogP contribution in [0.1, 0.15) is 16.7 Å². The van der Waals surface area contributed by atoms with Crippen LogP contribution in [0.3, 0.4) is 0 Å². The Morgan fingerprint density at radius 3 is 2.70 bits per heavy atom. The Balaban J connectivity index is 1.60. The van der Waals surface area contributed by atoms with Crippen LogP contribution in [0.2, 0.25) is 0 Å². The summed E-state index contributed by atoms with van der Waals surface area (Å²) in [5.74, 6) is 0.833. The van der Waals surface area contributed by atoms with E-state index in [1.807, 2.05) is 23.1 Å². The van der Waals surface area contributed by atoms with Crippen molar-refractivity contribution in [1.29, 1.82) is 0 Å². The number of benzene rings is 2. The molecule has 0 radical (unpaired) electrons. The Hall–Kier alpha value is -2.53. The van der Waals surface area contributed by atoms with Crippen molar-refractivity contribution in [2.24, 2.45) is 0 Å². The zero-order valence-corrected chi connectivity index (χ0v) is 16.0. The quantitative estimate of drug-likeness (QED) is 0.838. The van der Waals surface area contributed by atoms with Crippen molar-refractivity contribution in [2.75, 3.05) is 37.7 Å². The third-order valence-electron chi connectivity index (χ3n) is 5.33. The van der Waals surface area contributed by atoms with Gasteiger partial charge in [0.2, 0.25) is 0 Å². The molecule has 5 heteroatoms. The summed E-state index contributed by atoms with van der Waals surface area (Å²) in [4.78, 5) is 17.1. The third kappa shape index (κ3) is 3.78. The van der Waals surface area contributed by atoms with E-state index in [-0.39, 0.29) is 5.91 Å². The van der Waals surface area contributed by atoms with Gasteiger partial charge in [-0.25, -0.2) is 0 Å². The molecule has 4 rings (SSSR count). The Kier molecular flexibility index (Phi) is 5.03. The summed E-state index contributed by atoms with van der Waals surface area (Å²) in [7, 11) is 0. The lowest BCUT2D eigenvalue weighted by Crippen LogP contribution is -2.52. The van der Waals surface area contributed by atoms with E-state index < -0.39 is 6.10 Å². The lowest BCUT2D eigenvalue weighted by Gasteiger charge is -2.38. The van der Waals surface area contributed by atoms with Gasteiger partial charge in [0, 0.05) is 19.6 Å². The number of amides is 1. The molecule has 2 aliphatic heterocycles. The Bertz CT molecular complexity index is 830. The van der Waals surface area contributed by atoms with Gasteiger partial charge < -0.3 is 19.3 Å². The van der Waals surface area contributed by atoms with Crippen LogP contribution >= 0.6 is 0 Å². The summed E-state index contributed by atoms with van der Waals surface area (Å²) in [6, 6.07) is 14.5. The van der Waals surface area contributed by atoms with Crippen LogP contribution in [0.25, 0.3) is 0 Å². The van der Waals surface area contributed by atoms with Gasteiger partial charge in [0.15, 0.2) is 6.10 Å². The second-order valence-corrected chi connectivity index (χ2v) is 7.32. The lowest BCUT2D eigenvalue weighted by molar-refractivity contribution is -0.142. The smallest absolute Gasteiger partial charge is 0.265 e. The van der Waals surface area contributed by atoms with Crippen LogP contribution in [0.15, 0.2) is 42.5 Å². The van der Waals surface area contributed by atoms with Gasteiger partial charge >= 0.3 is 0 Å². The molecule has 0 aromatic heterocycles. The number of rotatable bonds is 3. The number of aryl methyl sites for hydroxylation is 2. The topological polar surface area (TPSA) is 42.0 Å². The standard InChI is InChI=1S/C22H26N2O3/c1-16-7-8-17(2)18(13-16)14-24-15-21(22(25)23-9-11-26-12-10-23)27-20-6-4-3-5-19(20)24/h3-8,13,21H,9-12,14-15H2,1-2H3. The first-order valence-electron chi connectivity index (χ1n) is 9.55. The van der Waals surface area contributed by atoms with Gasteiger partial charge in [0.25, 0.3) is 5.91 Å². The van der Waals surface area contributed by atoms with Gasteiger partial charge in [-0.15, -0.1) is 0 Å². The minimum Gasteiger partial charge on any atom is -0.477 e. The highest BCUT2D eigenvalue weighted by Crippen LogP contribution is 2.35. The second-order valence-electron chi connectivity index (χ2n) is 7.32. The highest BCUT2D eigenvalue weighted by Gasteiger charge is 2.34. The van der Waals surface area contributed by atoms with E-state index in [2.05, 4.69) is 43.0 Å². The van der Waals surface area contributed by atoms with Gasteiger partial charge in [-0.05, 0) is 37.1 Å². The Labute approximate surface area is 160 Å². The second kappa shape index (κ2) is 7.61. The van der Waals surface area contributed by atoms with E-state index in [1.165, 1.54) is 16.7 Å². The van der Waals surface area contributed by atoms with E-state index in [0.717, 1.165) is 18.0 Å². The monoisotopic (exact) mass is 366 g/mol. The number of hydrogen-bond acceptors (Lipinski definition) is 4. The molecule has 2 aliphatic rings. The molecule has 0 bridgehead atoms. The first-order chi connectivity index (χ1) is 13.1. The van der Waals surface area contributed by atoms with Crippen LogP contribution in [-0.4, -0.2) is 49.8 Å². The molecule has 142 valence electrons. The fraction of sp³-hybridized carbons (Fsp3) is 0.409. The number of carbonyl (C=O) groups excluding carboxylic acids is 1. The Morgan fingerprint density at radius 2 is 1.89 bits per heavy atom. The third-order valence-corrected chi connectivity index (χ3v) is 5.33. The molecule has 1 unspecified atom stereocenters. The van der Waals surface area contributed by atoms with Crippen molar-refractivity contribution in [2.45, 2.75) is 26.5 Å². The first-order valence-corrected chi connectivity index (χ1v) is 9.55. The van der Waals surface area contributed by atoms with Crippen molar-refractivity contribution in [3.8, 4) is 5.75 Å². The SMILES string of the molecule is Cc1ccc(C)c(CN2CC(C(=O)N3CCOCC3)Oc3ccccc32)c1. The number of fused-ring (bicyclic) bond motifs is 1. The number of hydrogen-bond donors (Lipinski definition) is 0. The van der Waals surface area contributed by atoms with Crippen LogP contribution < -0.4 is 9.64 Å². The van der Waals surface area contributed by atoms with Crippen LogP contribution in [-0.2, 0) is 16.1 Å². The van der Waals surface area contributed by atoms with Gasteiger partial charge in [0.1, 0.15) is 5.75 Å². The number of nitrogens with zero attached hydrogens (tertiary/aromatic N) is 2. The van der Waals surface area contributed by atoms with E-state index in [9.17, 15) is 4.79 Å². The van der Waals surface area contributed by atoms with Crippen LogP contribution in [0, 0.1) is 13.8 Å². The predicted octanol–water partition coefficient (Wildman–Crippen LogP) is 2.93. The average molecular weight is 366 g/mol. The summed E-state index contributed by atoms with van der Waals surface area (Å²) in [6.45, 7) is 8.04. The molecule has 0 saturated carbocycles. The van der Waals surface area contributed by atoms with Gasteiger partial charge in [0.05, 0.1) is 25.4 Å². The maximum absolute atomic E-state index is 13.0. The molecule has 2 heterocycles. The zero-order chi connectivity index (χ0) is 18.8. The number of para-hydroxylation sites is 2. The van der Waals surface area contributed by atoms with E-state index in [1.54, 1.807) is 0 Å². The van der Waals surface area contributed by atoms with Crippen molar-refractivity contribution in [1.82, 2.24) is 4.90 Å². The normalized spacial score (nSPS) is 19.4. The minimum absolute atomic E-state index is 0.0544. The van der Waals surface area contributed by atoms with Crippen molar-refractivity contribution in [3.05, 3.63) is 59.2 Å². The average Bonchev–Trinajstić information content (AvgIpc) is 2.70. The number of anilines is 1. The molecular formula is C22H26N2O3. The maximum atomic E-state index is 13.0. The molecule has 1 atom stereocenters. The van der Waals surface area contributed by atoms with Crippen LogP contribution in [0.4, 0.5) is 5.69 Å². The van der Waals surface area contributed by atoms with Crippen molar-refractivity contribution < 1.29 is 14.3 Å². The predicted molar refractivity (Wildman–Crippen MR) is 105 cm³/mol. The maximum Gasteiger partial charge on any atom is 0.265 e. The molecule has 2 aromatic rings. The number of carbonyl (C=O) groups is 1. The van der Waals surface area contributed by atoms with E-state index in [4.69, 9.17) is 9.47 Å². The molecule has 0 spiro atoms. The van der Waals surface area contributed by atoms with Crippen LogP contribution in [0.5, 0.6) is 5.75 Å². The lowest BCUT2D eigenvalue weighted by atomic mass is 10.0. The van der Waals surface area contributed by atoms with E-state index >= 15 is 0 Å². The molecule has 0 N–H and O–H groups in total. The van der Waals surface area contributed by atoms with Crippen molar-refractivity contribution >= 4 is 11.6 Å². The molecule has 1 amide bonds. The molecule has 5 nitrogen and oxygen atoms in total. The summed E-state index contributed by atoms with van der Waals surface area (Å²) in [5.41, 5.74) is 4.84. The molecular weight excluding hydrogens is 340 g/mol. The summed E-state index contributed by atoms with van der Waals surface area (Å²) in [6.07, 6.45) is -0.483. The molecule has 1 fully saturated rings. The first kappa shape index (κ1) is 17.9. The number of ether oxygens (including phenoxy) is 2. The zero-order valence-electron chi connectivity index (χ0n) is 16.0. The van der Waals surface area contributed by atoms with Crippen molar-refractivity contribution in [3.63, 3.8) is 0 Å². The largest absolute Gasteiger partial charge is 0.477 e. The summed E-state index contributed by atoms with van der Waals surface area (Å²) >= 11 is 0. The summed E-state index contributed by atoms with van der Waals surface area (Å²) < 4.78 is 11.5. The number of morpholine rings is 1. The molecule has 2 aromatic carbocycles. The van der Waals surface area contributed by atoms with Gasteiger partial charge in [-0.1, -0.05) is 35.9 Å². The summed E-state index contributed by atoms with van der Waals surface area (Å²) in [5, 5.41) is 0. The molecule has 0 aliphatic carbocycles. The minimum atomic E-state index is -0.483. The van der Waals surface area contributed by atoms with E-state index in [0.29, 0.717) is 32.8 Å². The van der Waals surface area contributed by atoms with Gasteiger partial charge in [-0.3, -0.25) is 4.79 Å². The molecule has 1 saturated heterocycles.